The number of aliphatic hydroxyl groups excluding tert-OH is 1. The number of aromatic nitrogens is 6. The second-order valence-corrected chi connectivity index (χ2v) is 9.51. The van der Waals surface area contributed by atoms with E-state index in [-0.39, 0.29) is 11.8 Å². The summed E-state index contributed by atoms with van der Waals surface area (Å²) in [5, 5.41) is 23.9. The van der Waals surface area contributed by atoms with Gasteiger partial charge in [0.25, 0.3) is 0 Å². The van der Waals surface area contributed by atoms with E-state index in [1.165, 1.54) is 17.8 Å². The molecule has 0 radical (unpaired) electrons. The third kappa shape index (κ3) is 3.78. The zero-order valence-corrected chi connectivity index (χ0v) is 19.3. The highest BCUT2D eigenvalue weighted by atomic mass is 32.2. The van der Waals surface area contributed by atoms with Crippen LogP contribution in [-0.4, -0.2) is 53.7 Å². The summed E-state index contributed by atoms with van der Waals surface area (Å²) in [5.41, 5.74) is 3.61. The average molecular weight is 476 g/mol. The van der Waals surface area contributed by atoms with E-state index in [9.17, 15) is 9.50 Å². The number of hydrogen-bond donors (Lipinski definition) is 1. The molecule has 0 amide bonds. The van der Waals surface area contributed by atoms with Gasteiger partial charge in [-0.3, -0.25) is 14.1 Å². The van der Waals surface area contributed by atoms with Crippen LogP contribution in [-0.2, 0) is 7.05 Å². The lowest BCUT2D eigenvalue weighted by molar-refractivity contribution is 0.145. The number of piperidine rings is 1. The molecule has 172 valence electrons. The molecule has 1 aromatic carbocycles. The fraction of sp³-hybridized carbons (Fsp3) is 0.250. The van der Waals surface area contributed by atoms with Crippen LogP contribution in [0.4, 0.5) is 10.1 Å². The van der Waals surface area contributed by atoms with Crippen molar-refractivity contribution >= 4 is 34.0 Å². The predicted octanol–water partition coefficient (Wildman–Crippen LogP) is 3.93. The van der Waals surface area contributed by atoms with E-state index in [0.717, 1.165) is 53.0 Å². The Morgan fingerprint density at radius 3 is 2.71 bits per heavy atom. The lowest BCUT2D eigenvalue weighted by atomic mass is 10.1. The summed E-state index contributed by atoms with van der Waals surface area (Å²) < 4.78 is 18.2. The van der Waals surface area contributed by atoms with E-state index in [0.29, 0.717) is 10.7 Å². The molecular weight excluding hydrogens is 453 g/mol. The zero-order chi connectivity index (χ0) is 23.2. The van der Waals surface area contributed by atoms with Gasteiger partial charge in [0.05, 0.1) is 29.7 Å². The van der Waals surface area contributed by atoms with Gasteiger partial charge in [-0.15, -0.1) is 10.2 Å². The van der Waals surface area contributed by atoms with Crippen molar-refractivity contribution in [2.45, 2.75) is 29.0 Å². The smallest absolute Gasteiger partial charge is 0.200 e. The minimum absolute atomic E-state index is 0.179. The first kappa shape index (κ1) is 21.1. The molecule has 4 aromatic heterocycles. The lowest BCUT2D eigenvalue weighted by Crippen LogP contribution is -2.35. The molecule has 1 N–H and O–H groups in total. The number of para-hydroxylation sites is 1. The zero-order valence-electron chi connectivity index (χ0n) is 18.5. The van der Waals surface area contributed by atoms with Gasteiger partial charge >= 0.3 is 0 Å². The minimum atomic E-state index is -0.437. The summed E-state index contributed by atoms with van der Waals surface area (Å²) in [7, 11) is 1.83. The van der Waals surface area contributed by atoms with Crippen LogP contribution in [0.25, 0.3) is 27.7 Å². The molecule has 8 nitrogen and oxygen atoms in total. The number of anilines is 1. The van der Waals surface area contributed by atoms with Crippen LogP contribution < -0.4 is 4.90 Å². The van der Waals surface area contributed by atoms with Crippen LogP contribution in [0.15, 0.2) is 65.2 Å². The summed E-state index contributed by atoms with van der Waals surface area (Å²) in [4.78, 5) is 7.93. The van der Waals surface area contributed by atoms with E-state index < -0.39 is 5.82 Å². The number of pyridine rings is 2. The Morgan fingerprint density at radius 2 is 1.91 bits per heavy atom. The Bertz CT molecular complexity index is 1510. The van der Waals surface area contributed by atoms with E-state index in [2.05, 4.69) is 26.3 Å². The monoisotopic (exact) mass is 475 g/mol. The van der Waals surface area contributed by atoms with Gasteiger partial charge in [-0.2, -0.15) is 5.10 Å². The second-order valence-electron chi connectivity index (χ2n) is 8.50. The Hall–Kier alpha value is -3.50. The Labute approximate surface area is 199 Å². The fourth-order valence-corrected chi connectivity index (χ4v) is 5.26. The molecule has 0 saturated carbocycles. The molecule has 1 aliphatic rings. The van der Waals surface area contributed by atoms with Crippen LogP contribution in [0.3, 0.4) is 0 Å². The third-order valence-corrected chi connectivity index (χ3v) is 7.17. The van der Waals surface area contributed by atoms with Crippen LogP contribution in [0, 0.1) is 5.82 Å². The molecule has 1 aliphatic heterocycles. The number of halogens is 1. The topological polar surface area (TPSA) is 84.4 Å². The van der Waals surface area contributed by atoms with Crippen molar-refractivity contribution in [2.75, 3.05) is 18.0 Å². The number of benzene rings is 1. The number of rotatable bonds is 4. The maximum atomic E-state index is 14.8. The Balaban J connectivity index is 1.36. The maximum Gasteiger partial charge on any atom is 0.200 e. The highest BCUT2D eigenvalue weighted by Gasteiger charge is 2.19. The van der Waals surface area contributed by atoms with Crippen molar-refractivity contribution < 1.29 is 9.50 Å². The van der Waals surface area contributed by atoms with E-state index >= 15 is 0 Å². The molecule has 0 bridgehead atoms. The Morgan fingerprint density at radius 1 is 1.06 bits per heavy atom. The van der Waals surface area contributed by atoms with E-state index in [4.69, 9.17) is 4.98 Å². The number of hydrogen-bond acceptors (Lipinski definition) is 7. The quantitative estimate of drug-likeness (QED) is 0.422. The van der Waals surface area contributed by atoms with Gasteiger partial charge in [0.2, 0.25) is 5.16 Å². The van der Waals surface area contributed by atoms with Crippen molar-refractivity contribution in [3.63, 3.8) is 0 Å². The second kappa shape index (κ2) is 8.37. The van der Waals surface area contributed by atoms with Gasteiger partial charge in [0.15, 0.2) is 11.5 Å². The number of aliphatic hydroxyl groups is 1. The van der Waals surface area contributed by atoms with Crippen LogP contribution >= 0.6 is 11.8 Å². The van der Waals surface area contributed by atoms with Crippen molar-refractivity contribution in [1.82, 2.24) is 29.4 Å². The standard InChI is InChI=1S/C24H22FN7OS/c1-30-13-17(11-27-30)16-10-20(25)23-28-29-24(32(23)14-16)34-21-4-2-3-15-9-18(12-26-22(15)21)31-7-5-19(33)6-8-31/h2-4,9-14,19,33H,5-8H2,1H3. The molecule has 1 saturated heterocycles. The number of fused-ring (bicyclic) bond motifs is 2. The summed E-state index contributed by atoms with van der Waals surface area (Å²) in [6.07, 6.45) is 8.58. The molecule has 34 heavy (non-hydrogen) atoms. The largest absolute Gasteiger partial charge is 0.393 e. The van der Waals surface area contributed by atoms with Crippen molar-refractivity contribution in [3.8, 4) is 11.1 Å². The molecule has 1 fully saturated rings. The number of aryl methyl sites for hydroxylation is 1. The average Bonchev–Trinajstić information content (AvgIpc) is 3.46. The third-order valence-electron chi connectivity index (χ3n) is 6.16. The molecule has 5 heterocycles. The minimum Gasteiger partial charge on any atom is -0.393 e. The number of nitrogens with zero attached hydrogens (tertiary/aromatic N) is 7. The van der Waals surface area contributed by atoms with Gasteiger partial charge in [-0.1, -0.05) is 12.1 Å². The molecule has 6 rings (SSSR count). The SMILES string of the molecule is Cn1cc(-c2cc(F)c3nnc(Sc4cccc5cc(N6CCC(O)CC6)cnc45)n3c2)cn1. The maximum absolute atomic E-state index is 14.8. The van der Waals surface area contributed by atoms with Crippen molar-refractivity contribution in [2.24, 2.45) is 7.05 Å². The molecule has 0 spiro atoms. The summed E-state index contributed by atoms with van der Waals surface area (Å²) >= 11 is 1.41. The normalized spacial score (nSPS) is 15.0. The van der Waals surface area contributed by atoms with Crippen LogP contribution in [0.5, 0.6) is 0 Å². The van der Waals surface area contributed by atoms with Gasteiger partial charge in [0, 0.05) is 53.9 Å². The molecule has 10 heteroatoms. The molecule has 0 aliphatic carbocycles. The highest BCUT2D eigenvalue weighted by molar-refractivity contribution is 7.99. The molecule has 0 unspecified atom stereocenters. The van der Waals surface area contributed by atoms with Crippen molar-refractivity contribution in [3.05, 3.63) is 60.9 Å². The first-order valence-corrected chi connectivity index (χ1v) is 11.9. The van der Waals surface area contributed by atoms with Gasteiger partial charge in [-0.25, -0.2) is 4.39 Å². The first-order valence-electron chi connectivity index (χ1n) is 11.1. The van der Waals surface area contributed by atoms with Crippen LogP contribution in [0.1, 0.15) is 12.8 Å². The van der Waals surface area contributed by atoms with E-state index in [1.54, 1.807) is 15.3 Å². The molecular formula is C24H22FN7OS. The lowest BCUT2D eigenvalue weighted by Gasteiger charge is -2.31. The summed E-state index contributed by atoms with van der Waals surface area (Å²) in [6, 6.07) is 9.60. The highest BCUT2D eigenvalue weighted by Crippen LogP contribution is 2.34. The van der Waals surface area contributed by atoms with Gasteiger partial charge in [-0.05, 0) is 42.8 Å². The van der Waals surface area contributed by atoms with Crippen LogP contribution in [0.2, 0.25) is 0 Å². The van der Waals surface area contributed by atoms with Gasteiger partial charge in [0.1, 0.15) is 0 Å². The fourth-order valence-electron chi connectivity index (χ4n) is 4.33. The van der Waals surface area contributed by atoms with E-state index in [1.807, 2.05) is 43.8 Å². The summed E-state index contributed by atoms with van der Waals surface area (Å²) in [6.45, 7) is 1.64. The predicted molar refractivity (Wildman–Crippen MR) is 128 cm³/mol. The molecule has 0 atom stereocenters. The van der Waals surface area contributed by atoms with Gasteiger partial charge < -0.3 is 10.0 Å². The Kier molecular flexibility index (Phi) is 5.19. The van der Waals surface area contributed by atoms with Crippen molar-refractivity contribution in [1.29, 1.82) is 0 Å². The summed E-state index contributed by atoms with van der Waals surface area (Å²) in [5.74, 6) is -0.437. The first-order chi connectivity index (χ1) is 16.5. The molecule has 5 aromatic rings.